The predicted molar refractivity (Wildman–Crippen MR) is 147 cm³/mol. The van der Waals surface area contributed by atoms with E-state index in [4.69, 9.17) is 4.18 Å². The Kier molecular flexibility index (Phi) is 9.34. The summed E-state index contributed by atoms with van der Waals surface area (Å²) in [5.74, 6) is 0.0221. The summed E-state index contributed by atoms with van der Waals surface area (Å²) in [5, 5.41) is 1.89. The highest BCUT2D eigenvalue weighted by atomic mass is 32.2. The lowest BCUT2D eigenvalue weighted by Crippen LogP contribution is -2.36. The second-order valence-corrected chi connectivity index (χ2v) is 10.8. The summed E-state index contributed by atoms with van der Waals surface area (Å²) >= 11 is 0. The van der Waals surface area contributed by atoms with Crippen LogP contribution in [0.4, 0.5) is 5.69 Å². The molecule has 194 valence electrons. The highest BCUT2D eigenvalue weighted by Crippen LogP contribution is 2.29. The Hall–Kier alpha value is -3.10. The smallest absolute Gasteiger partial charge is 0.308 e. The fourth-order valence-electron chi connectivity index (χ4n) is 4.09. The summed E-state index contributed by atoms with van der Waals surface area (Å²) in [6.45, 7) is 8.58. The molecule has 0 heterocycles. The van der Waals surface area contributed by atoms with Crippen LogP contribution in [0.5, 0.6) is 5.75 Å². The molecule has 0 radical (unpaired) electrons. The van der Waals surface area contributed by atoms with Crippen LogP contribution in [0.2, 0.25) is 0 Å². The summed E-state index contributed by atoms with van der Waals surface area (Å²) in [5.41, 5.74) is 2.15. The van der Waals surface area contributed by atoms with Gasteiger partial charge in [-0.05, 0) is 57.8 Å². The average Bonchev–Trinajstić information content (AvgIpc) is 2.87. The monoisotopic (exact) mass is 511 g/mol. The summed E-state index contributed by atoms with van der Waals surface area (Å²) in [6.07, 6.45) is 0. The second kappa shape index (κ2) is 12.2. The molecule has 0 aliphatic heterocycles. The van der Waals surface area contributed by atoms with Crippen molar-refractivity contribution < 1.29 is 17.4 Å². The molecule has 1 amide bonds. The van der Waals surface area contributed by atoms with E-state index in [-0.39, 0.29) is 24.0 Å². The first-order valence-electron chi connectivity index (χ1n) is 12.4. The Bertz CT molecular complexity index is 1280. The van der Waals surface area contributed by atoms with Crippen LogP contribution in [0.3, 0.4) is 0 Å². The van der Waals surface area contributed by atoms with Crippen molar-refractivity contribution in [2.24, 2.45) is 0 Å². The summed E-state index contributed by atoms with van der Waals surface area (Å²) < 4.78 is 30.4. The lowest BCUT2D eigenvalue weighted by molar-refractivity contribution is 0.0733. The van der Waals surface area contributed by atoms with E-state index in [0.717, 1.165) is 29.5 Å². The van der Waals surface area contributed by atoms with Crippen LogP contribution in [-0.2, 0) is 16.7 Å². The number of fused-ring (bicyclic) bond motifs is 1. The maximum Gasteiger partial charge on any atom is 0.308 e. The van der Waals surface area contributed by atoms with Gasteiger partial charge in [0.05, 0.1) is 5.75 Å². The molecule has 0 bridgehead atoms. The van der Waals surface area contributed by atoms with E-state index in [2.05, 4.69) is 4.90 Å². The minimum atomic E-state index is -3.74. The molecule has 36 heavy (non-hydrogen) atoms. The van der Waals surface area contributed by atoms with Crippen molar-refractivity contribution in [3.05, 3.63) is 71.8 Å². The zero-order valence-electron chi connectivity index (χ0n) is 21.9. The SMILES string of the molecule is CCN(CC)c1ccc(CN(CCN(C)C)C(=O)c2cccc3ccccc23)c(OS(=O)(=O)CC)c1. The van der Waals surface area contributed by atoms with Crippen molar-refractivity contribution in [1.29, 1.82) is 0 Å². The molecule has 3 aromatic carbocycles. The standard InChI is InChI=1S/C28H37N3O4S/c1-6-30(7-2)24-17-16-23(27(20-24)35-36(33,34)8-3)21-31(19-18-29(4)5)28(32)26-15-11-13-22-12-9-10-14-25(22)26/h9-17,20H,6-8,18-19,21H2,1-5H3. The molecule has 0 aliphatic rings. The minimum absolute atomic E-state index is 0.106. The highest BCUT2D eigenvalue weighted by molar-refractivity contribution is 7.87. The number of rotatable bonds is 12. The zero-order valence-corrected chi connectivity index (χ0v) is 22.7. The number of benzene rings is 3. The molecule has 0 N–H and O–H groups in total. The van der Waals surface area contributed by atoms with Crippen LogP contribution >= 0.6 is 0 Å². The van der Waals surface area contributed by atoms with E-state index < -0.39 is 10.1 Å². The van der Waals surface area contributed by atoms with Gasteiger partial charge in [0, 0.05) is 55.6 Å². The van der Waals surface area contributed by atoms with Crippen molar-refractivity contribution in [1.82, 2.24) is 9.80 Å². The molecular weight excluding hydrogens is 474 g/mol. The largest absolute Gasteiger partial charge is 0.382 e. The molecule has 3 rings (SSSR count). The van der Waals surface area contributed by atoms with Gasteiger partial charge in [-0.1, -0.05) is 42.5 Å². The second-order valence-electron chi connectivity index (χ2n) is 8.95. The molecule has 7 nitrogen and oxygen atoms in total. The van der Waals surface area contributed by atoms with Gasteiger partial charge >= 0.3 is 10.1 Å². The molecule has 8 heteroatoms. The third kappa shape index (κ3) is 6.77. The van der Waals surface area contributed by atoms with Crippen molar-refractivity contribution >= 4 is 32.5 Å². The molecule has 0 saturated heterocycles. The number of carbonyl (C=O) groups is 1. The van der Waals surface area contributed by atoms with Crippen LogP contribution in [0.1, 0.15) is 36.7 Å². The molecule has 0 fully saturated rings. The minimum Gasteiger partial charge on any atom is -0.382 e. The first-order chi connectivity index (χ1) is 17.2. The van der Waals surface area contributed by atoms with Gasteiger partial charge in [-0.25, -0.2) is 0 Å². The first-order valence-corrected chi connectivity index (χ1v) is 14.0. The first kappa shape index (κ1) is 27.5. The summed E-state index contributed by atoms with van der Waals surface area (Å²) in [7, 11) is 0.176. The van der Waals surface area contributed by atoms with Gasteiger partial charge in [0.25, 0.3) is 5.91 Å². The number of hydrogen-bond acceptors (Lipinski definition) is 6. The Morgan fingerprint density at radius 2 is 1.58 bits per heavy atom. The Morgan fingerprint density at radius 1 is 0.889 bits per heavy atom. The van der Waals surface area contributed by atoms with E-state index in [1.54, 1.807) is 17.9 Å². The normalized spacial score (nSPS) is 11.6. The third-order valence-corrected chi connectivity index (χ3v) is 7.38. The van der Waals surface area contributed by atoms with Crippen LogP contribution < -0.4 is 9.08 Å². The Morgan fingerprint density at radius 3 is 2.25 bits per heavy atom. The predicted octanol–water partition coefficient (Wildman–Crippen LogP) is 4.62. The van der Waals surface area contributed by atoms with E-state index in [1.165, 1.54) is 0 Å². The van der Waals surface area contributed by atoms with Crippen molar-refractivity contribution in [3.8, 4) is 5.75 Å². The van der Waals surface area contributed by atoms with Gasteiger partial charge in [-0.3, -0.25) is 4.79 Å². The molecule has 0 aliphatic carbocycles. The van der Waals surface area contributed by atoms with Crippen molar-refractivity contribution in [2.45, 2.75) is 27.3 Å². The van der Waals surface area contributed by atoms with E-state index in [9.17, 15) is 13.2 Å². The van der Waals surface area contributed by atoms with Gasteiger partial charge in [0.15, 0.2) is 0 Å². The third-order valence-electron chi connectivity index (χ3n) is 6.24. The number of hydrogen-bond donors (Lipinski definition) is 0. The van der Waals surface area contributed by atoms with Gasteiger partial charge in [-0.2, -0.15) is 8.42 Å². The quantitative estimate of drug-likeness (QED) is 0.331. The number of nitrogens with zero attached hydrogens (tertiary/aromatic N) is 3. The maximum atomic E-state index is 13.8. The molecule has 0 unspecified atom stereocenters. The zero-order chi connectivity index (χ0) is 26.3. The van der Waals surface area contributed by atoms with Crippen LogP contribution in [-0.4, -0.2) is 70.2 Å². The van der Waals surface area contributed by atoms with E-state index in [1.807, 2.05) is 87.4 Å². The van der Waals surface area contributed by atoms with Crippen molar-refractivity contribution in [3.63, 3.8) is 0 Å². The number of amides is 1. The van der Waals surface area contributed by atoms with Gasteiger partial charge in [0.1, 0.15) is 5.75 Å². The highest BCUT2D eigenvalue weighted by Gasteiger charge is 2.22. The Balaban J connectivity index is 2.04. The van der Waals surface area contributed by atoms with Crippen LogP contribution in [0, 0.1) is 0 Å². The van der Waals surface area contributed by atoms with E-state index >= 15 is 0 Å². The molecule has 0 saturated carbocycles. The molecular formula is C28H37N3O4S. The number of carbonyl (C=O) groups excluding carboxylic acids is 1. The molecule has 3 aromatic rings. The average molecular weight is 512 g/mol. The van der Waals surface area contributed by atoms with Crippen molar-refractivity contribution in [2.75, 3.05) is 50.9 Å². The fraction of sp³-hybridized carbons (Fsp3) is 0.393. The number of likely N-dealkylation sites (N-methyl/N-ethyl adjacent to an activating group) is 1. The van der Waals surface area contributed by atoms with Gasteiger partial charge in [0.2, 0.25) is 0 Å². The molecule has 0 aromatic heterocycles. The maximum absolute atomic E-state index is 13.8. The molecule has 0 atom stereocenters. The molecule has 0 spiro atoms. The van der Waals surface area contributed by atoms with Crippen LogP contribution in [0.25, 0.3) is 10.8 Å². The Labute approximate surface area is 215 Å². The van der Waals surface area contributed by atoms with Crippen LogP contribution in [0.15, 0.2) is 60.7 Å². The topological polar surface area (TPSA) is 70.2 Å². The lowest BCUT2D eigenvalue weighted by Gasteiger charge is -2.27. The number of anilines is 1. The summed E-state index contributed by atoms with van der Waals surface area (Å²) in [6, 6.07) is 19.1. The summed E-state index contributed by atoms with van der Waals surface area (Å²) in [4.78, 5) is 19.7. The fourth-order valence-corrected chi connectivity index (χ4v) is 4.64. The van der Waals surface area contributed by atoms with Gasteiger partial charge < -0.3 is 18.9 Å². The van der Waals surface area contributed by atoms with E-state index in [0.29, 0.717) is 24.2 Å². The lowest BCUT2D eigenvalue weighted by atomic mass is 10.0. The van der Waals surface area contributed by atoms with Gasteiger partial charge in [-0.15, -0.1) is 0 Å².